The minimum Gasteiger partial charge on any atom is -0.375 e. The third-order valence-electron chi connectivity index (χ3n) is 3.69. The molecule has 1 heterocycles. The smallest absolute Gasteiger partial charge is 0.184 e. The van der Waals surface area contributed by atoms with Gasteiger partial charge in [-0.25, -0.2) is 8.42 Å². The Labute approximate surface area is 150 Å². The maximum atomic E-state index is 11.6. The Hall–Kier alpha value is -2.71. The quantitative estimate of drug-likeness (QED) is 0.371. The molecule has 0 amide bonds. The molecule has 0 aliphatic carbocycles. The van der Waals surface area contributed by atoms with Gasteiger partial charge in [-0.15, -0.1) is 0 Å². The Morgan fingerprint density at radius 3 is 2.52 bits per heavy atom. The van der Waals surface area contributed by atoms with E-state index >= 15 is 0 Å². The number of H-pyrrole nitrogens is 1. The highest BCUT2D eigenvalue weighted by atomic mass is 32.2. The molecule has 8 heteroatoms. The number of hydrogen-bond donors (Lipinski definition) is 3. The van der Waals surface area contributed by atoms with E-state index < -0.39 is 9.84 Å². The number of para-hydroxylation sites is 1. The average Bonchev–Trinajstić information content (AvgIpc) is 2.93. The number of aromatic nitrogens is 1. The molecule has 128 valence electrons. The van der Waals surface area contributed by atoms with Crippen LogP contribution in [0.3, 0.4) is 0 Å². The highest BCUT2D eigenvalue weighted by Crippen LogP contribution is 2.29. The van der Waals surface area contributed by atoms with E-state index in [1.165, 1.54) is 6.26 Å². The highest BCUT2D eigenvalue weighted by molar-refractivity contribution is 7.90. The Bertz CT molecular complexity index is 1070. The van der Waals surface area contributed by atoms with Gasteiger partial charge in [0.2, 0.25) is 0 Å². The summed E-state index contributed by atoms with van der Waals surface area (Å²) < 4.78 is 23.3. The zero-order chi connectivity index (χ0) is 18.0. The summed E-state index contributed by atoms with van der Waals surface area (Å²) >= 11 is 4.75. The Morgan fingerprint density at radius 1 is 1.20 bits per heavy atom. The van der Waals surface area contributed by atoms with E-state index in [0.717, 1.165) is 27.7 Å². The lowest BCUT2D eigenvalue weighted by Gasteiger charge is -2.03. The predicted molar refractivity (Wildman–Crippen MR) is 104 cm³/mol. The first-order chi connectivity index (χ1) is 11.9. The van der Waals surface area contributed by atoms with Gasteiger partial charge >= 0.3 is 0 Å². The number of thiocarbonyl (C=S) groups is 1. The van der Waals surface area contributed by atoms with Crippen LogP contribution in [0.1, 0.15) is 5.56 Å². The van der Waals surface area contributed by atoms with E-state index in [1.54, 1.807) is 30.5 Å². The molecule has 0 aliphatic rings. The molecule has 4 N–H and O–H groups in total. The van der Waals surface area contributed by atoms with Gasteiger partial charge in [0, 0.05) is 22.7 Å². The third kappa shape index (κ3) is 3.70. The van der Waals surface area contributed by atoms with Gasteiger partial charge in [0.25, 0.3) is 0 Å². The number of fused-ring (bicyclic) bond motifs is 1. The standard InChI is InChI=1S/C17H16N4O2S2/c1-25(22,23)12-8-6-11(7-9-12)16-14(10-19-21-17(18)24)13-4-2-3-5-15(13)20-16/h2-10,20H,1H3,(H3,18,21,24)/b19-10+. The molecule has 1 aromatic heterocycles. The summed E-state index contributed by atoms with van der Waals surface area (Å²) in [6.45, 7) is 0. The number of nitrogens with zero attached hydrogens (tertiary/aromatic N) is 1. The lowest BCUT2D eigenvalue weighted by atomic mass is 10.1. The van der Waals surface area contributed by atoms with Gasteiger partial charge in [-0.2, -0.15) is 5.10 Å². The number of sulfone groups is 1. The van der Waals surface area contributed by atoms with Crippen molar-refractivity contribution < 1.29 is 8.42 Å². The number of benzene rings is 2. The molecule has 0 saturated heterocycles. The van der Waals surface area contributed by atoms with Gasteiger partial charge in [0.05, 0.1) is 16.8 Å². The molecule has 3 aromatic rings. The first-order valence-corrected chi connectivity index (χ1v) is 9.66. The van der Waals surface area contributed by atoms with Crippen molar-refractivity contribution in [2.45, 2.75) is 4.90 Å². The number of nitrogens with one attached hydrogen (secondary N) is 2. The van der Waals surface area contributed by atoms with Crippen molar-refractivity contribution in [3.8, 4) is 11.3 Å². The normalized spacial score (nSPS) is 11.9. The number of hydrazone groups is 1. The molecule has 0 spiro atoms. The molecule has 0 saturated carbocycles. The molecule has 0 aliphatic heterocycles. The predicted octanol–water partition coefficient (Wildman–Crippen LogP) is 2.41. The fraction of sp³-hybridized carbons (Fsp3) is 0.0588. The summed E-state index contributed by atoms with van der Waals surface area (Å²) in [7, 11) is -3.23. The number of hydrogen-bond acceptors (Lipinski definition) is 4. The summed E-state index contributed by atoms with van der Waals surface area (Å²) in [5, 5.41) is 5.11. The summed E-state index contributed by atoms with van der Waals surface area (Å²) in [6, 6.07) is 14.5. The van der Waals surface area contributed by atoms with Crippen LogP contribution in [0.5, 0.6) is 0 Å². The fourth-order valence-corrected chi connectivity index (χ4v) is 3.24. The minimum absolute atomic E-state index is 0.0788. The van der Waals surface area contributed by atoms with E-state index in [1.807, 2.05) is 24.3 Å². The Balaban J connectivity index is 2.12. The van der Waals surface area contributed by atoms with Gasteiger partial charge in [-0.3, -0.25) is 5.43 Å². The van der Waals surface area contributed by atoms with Crippen molar-refractivity contribution >= 4 is 44.3 Å². The van der Waals surface area contributed by atoms with E-state index in [2.05, 4.69) is 15.5 Å². The van der Waals surface area contributed by atoms with Crippen LogP contribution in [0.25, 0.3) is 22.2 Å². The second-order valence-electron chi connectivity index (χ2n) is 5.49. The Morgan fingerprint density at radius 2 is 1.88 bits per heavy atom. The first kappa shape index (κ1) is 17.1. The minimum atomic E-state index is -3.23. The third-order valence-corrected chi connectivity index (χ3v) is 4.91. The van der Waals surface area contributed by atoms with Gasteiger partial charge < -0.3 is 10.7 Å². The van der Waals surface area contributed by atoms with E-state index in [4.69, 9.17) is 18.0 Å². The molecular weight excluding hydrogens is 356 g/mol. The fourth-order valence-electron chi connectivity index (χ4n) is 2.55. The highest BCUT2D eigenvalue weighted by Gasteiger charge is 2.13. The van der Waals surface area contributed by atoms with Crippen LogP contribution < -0.4 is 11.2 Å². The number of nitrogens with two attached hydrogens (primary N) is 1. The van der Waals surface area contributed by atoms with Crippen molar-refractivity contribution in [3.05, 3.63) is 54.1 Å². The summed E-state index contributed by atoms with van der Waals surface area (Å²) in [5.41, 5.74) is 11.4. The number of aromatic amines is 1. The van der Waals surface area contributed by atoms with Gasteiger partial charge in [0.1, 0.15) is 0 Å². The lowest BCUT2D eigenvalue weighted by Crippen LogP contribution is -2.24. The second kappa shape index (κ2) is 6.66. The van der Waals surface area contributed by atoms with Crippen molar-refractivity contribution in [3.63, 3.8) is 0 Å². The molecule has 3 rings (SSSR count). The zero-order valence-electron chi connectivity index (χ0n) is 13.4. The van der Waals surface area contributed by atoms with Crippen LogP contribution in [0, 0.1) is 0 Å². The van der Waals surface area contributed by atoms with E-state index in [-0.39, 0.29) is 10.0 Å². The van der Waals surface area contributed by atoms with Crippen LogP contribution >= 0.6 is 12.2 Å². The van der Waals surface area contributed by atoms with Crippen LogP contribution in [-0.2, 0) is 9.84 Å². The Kier molecular flexibility index (Phi) is 4.56. The molecule has 0 atom stereocenters. The van der Waals surface area contributed by atoms with Crippen molar-refractivity contribution in [1.82, 2.24) is 10.4 Å². The molecular formula is C17H16N4O2S2. The topological polar surface area (TPSA) is 100 Å². The average molecular weight is 372 g/mol. The molecule has 0 fully saturated rings. The largest absolute Gasteiger partial charge is 0.375 e. The summed E-state index contributed by atoms with van der Waals surface area (Å²) in [5.74, 6) is 0. The molecule has 0 unspecified atom stereocenters. The number of rotatable bonds is 4. The molecule has 25 heavy (non-hydrogen) atoms. The van der Waals surface area contributed by atoms with Gasteiger partial charge in [-0.1, -0.05) is 30.3 Å². The zero-order valence-corrected chi connectivity index (χ0v) is 15.0. The second-order valence-corrected chi connectivity index (χ2v) is 7.95. The molecule has 0 radical (unpaired) electrons. The maximum Gasteiger partial charge on any atom is 0.184 e. The maximum absolute atomic E-state index is 11.6. The van der Waals surface area contributed by atoms with Crippen molar-refractivity contribution in [2.75, 3.05) is 6.26 Å². The van der Waals surface area contributed by atoms with Crippen molar-refractivity contribution in [2.24, 2.45) is 10.8 Å². The van der Waals surface area contributed by atoms with Gasteiger partial charge in [-0.05, 0) is 36.0 Å². The first-order valence-electron chi connectivity index (χ1n) is 7.36. The SMILES string of the molecule is CS(=O)(=O)c1ccc(-c2[nH]c3ccccc3c2/C=N/NC(N)=S)cc1. The molecule has 0 bridgehead atoms. The van der Waals surface area contributed by atoms with Crippen molar-refractivity contribution in [1.29, 1.82) is 0 Å². The van der Waals surface area contributed by atoms with Crippen LogP contribution in [-0.4, -0.2) is 31.0 Å². The van der Waals surface area contributed by atoms with Crippen LogP contribution in [0.2, 0.25) is 0 Å². The van der Waals surface area contributed by atoms with Crippen LogP contribution in [0.4, 0.5) is 0 Å². The molecule has 2 aromatic carbocycles. The monoisotopic (exact) mass is 372 g/mol. The summed E-state index contributed by atoms with van der Waals surface area (Å²) in [6.07, 6.45) is 2.82. The van der Waals surface area contributed by atoms with Crippen LogP contribution in [0.15, 0.2) is 58.5 Å². The van der Waals surface area contributed by atoms with Gasteiger partial charge in [0.15, 0.2) is 14.9 Å². The van der Waals surface area contributed by atoms with E-state index in [9.17, 15) is 8.42 Å². The molecule has 6 nitrogen and oxygen atoms in total. The lowest BCUT2D eigenvalue weighted by molar-refractivity contribution is 0.602. The van der Waals surface area contributed by atoms with E-state index in [0.29, 0.717) is 0 Å². The summed E-state index contributed by atoms with van der Waals surface area (Å²) in [4.78, 5) is 3.62.